The average molecular weight is 452 g/mol. The van der Waals surface area contributed by atoms with Gasteiger partial charge in [-0.25, -0.2) is 9.59 Å². The van der Waals surface area contributed by atoms with Crippen molar-refractivity contribution in [2.24, 2.45) is 0 Å². The van der Waals surface area contributed by atoms with Crippen LogP contribution >= 0.6 is 11.6 Å². The topological polar surface area (TPSA) is 84.9 Å². The van der Waals surface area contributed by atoms with Gasteiger partial charge in [0.15, 0.2) is 0 Å². The standard InChI is InChI=1S/C25H22ClNO5/c1-31-23-11-10-15(12-21(23)26)13-22(24(28)29)27-25(30)32-14-20-18-8-4-2-6-16(18)17-7-3-5-9-19(17)20/h2-12,20,22H,13-14H2,1H3,(H,27,30)(H,28,29)/t22-/m0/s1. The third-order valence-corrected chi connectivity index (χ3v) is 5.89. The molecule has 0 saturated heterocycles. The summed E-state index contributed by atoms with van der Waals surface area (Å²) in [6.45, 7) is 0.112. The third-order valence-electron chi connectivity index (χ3n) is 5.59. The highest BCUT2D eigenvalue weighted by molar-refractivity contribution is 6.32. The summed E-state index contributed by atoms with van der Waals surface area (Å²) in [5, 5.41) is 12.4. The van der Waals surface area contributed by atoms with Crippen molar-refractivity contribution in [2.45, 2.75) is 18.4 Å². The Morgan fingerprint density at radius 1 is 1.03 bits per heavy atom. The average Bonchev–Trinajstić information content (AvgIpc) is 3.11. The van der Waals surface area contributed by atoms with Crippen molar-refractivity contribution in [3.63, 3.8) is 0 Å². The number of aliphatic carboxylic acids is 1. The zero-order chi connectivity index (χ0) is 22.7. The SMILES string of the molecule is COc1ccc(C[C@H](NC(=O)OCC2c3ccccc3-c3ccccc32)C(=O)O)cc1Cl. The lowest BCUT2D eigenvalue weighted by molar-refractivity contribution is -0.139. The van der Waals surface area contributed by atoms with E-state index in [1.54, 1.807) is 18.2 Å². The van der Waals surface area contributed by atoms with E-state index in [0.717, 1.165) is 22.3 Å². The number of methoxy groups -OCH3 is 1. The lowest BCUT2D eigenvalue weighted by Gasteiger charge is -2.18. The second kappa shape index (κ2) is 9.32. The van der Waals surface area contributed by atoms with Crippen LogP contribution in [0.4, 0.5) is 4.79 Å². The van der Waals surface area contributed by atoms with E-state index in [1.165, 1.54) is 7.11 Å². The highest BCUT2D eigenvalue weighted by atomic mass is 35.5. The van der Waals surface area contributed by atoms with E-state index < -0.39 is 18.1 Å². The molecule has 1 aliphatic rings. The number of carboxylic acids is 1. The minimum atomic E-state index is -1.16. The van der Waals surface area contributed by atoms with Gasteiger partial charge in [0.1, 0.15) is 18.4 Å². The normalized spacial score (nSPS) is 13.1. The van der Waals surface area contributed by atoms with Gasteiger partial charge in [0.2, 0.25) is 0 Å². The van der Waals surface area contributed by atoms with E-state index in [1.807, 2.05) is 36.4 Å². The van der Waals surface area contributed by atoms with Crippen LogP contribution in [0.25, 0.3) is 11.1 Å². The molecule has 6 nitrogen and oxygen atoms in total. The summed E-state index contributed by atoms with van der Waals surface area (Å²) < 4.78 is 10.6. The number of carbonyl (C=O) groups excluding carboxylic acids is 1. The summed E-state index contributed by atoms with van der Waals surface area (Å²) in [5.41, 5.74) is 5.07. The van der Waals surface area contributed by atoms with Gasteiger partial charge in [-0.1, -0.05) is 66.2 Å². The monoisotopic (exact) mass is 451 g/mol. The highest BCUT2D eigenvalue weighted by Crippen LogP contribution is 2.44. The third kappa shape index (κ3) is 4.41. The van der Waals surface area contributed by atoms with E-state index in [9.17, 15) is 14.7 Å². The van der Waals surface area contributed by atoms with E-state index in [-0.39, 0.29) is 18.9 Å². The Morgan fingerprint density at radius 2 is 1.66 bits per heavy atom. The molecule has 1 amide bonds. The minimum absolute atomic E-state index is 0.0588. The molecule has 0 bridgehead atoms. The molecule has 1 aliphatic carbocycles. The molecular weight excluding hydrogens is 430 g/mol. The fraction of sp³-hybridized carbons (Fsp3) is 0.200. The van der Waals surface area contributed by atoms with Crippen LogP contribution < -0.4 is 10.1 Å². The number of hydrogen-bond donors (Lipinski definition) is 2. The number of carboxylic acid groups (broad SMARTS) is 1. The van der Waals surface area contributed by atoms with Crippen LogP contribution in [-0.4, -0.2) is 36.9 Å². The van der Waals surface area contributed by atoms with Crippen LogP contribution in [0.5, 0.6) is 5.75 Å². The number of ether oxygens (including phenoxy) is 2. The molecule has 32 heavy (non-hydrogen) atoms. The number of hydrogen-bond acceptors (Lipinski definition) is 4. The molecule has 0 unspecified atom stereocenters. The van der Waals surface area contributed by atoms with Gasteiger partial charge in [-0.2, -0.15) is 0 Å². The maximum Gasteiger partial charge on any atom is 0.407 e. The van der Waals surface area contributed by atoms with Crippen molar-refractivity contribution in [1.29, 1.82) is 0 Å². The van der Waals surface area contributed by atoms with Gasteiger partial charge in [0.25, 0.3) is 0 Å². The van der Waals surface area contributed by atoms with Crippen molar-refractivity contribution in [2.75, 3.05) is 13.7 Å². The van der Waals surface area contributed by atoms with Crippen LogP contribution in [0.15, 0.2) is 66.7 Å². The van der Waals surface area contributed by atoms with Crippen molar-refractivity contribution in [1.82, 2.24) is 5.32 Å². The second-order valence-electron chi connectivity index (χ2n) is 7.53. The number of rotatable bonds is 7. The maximum atomic E-state index is 12.5. The maximum absolute atomic E-state index is 12.5. The molecule has 0 saturated carbocycles. The number of benzene rings is 3. The molecule has 0 aliphatic heterocycles. The molecule has 0 heterocycles. The smallest absolute Gasteiger partial charge is 0.407 e. The van der Waals surface area contributed by atoms with Crippen LogP contribution in [0.1, 0.15) is 22.6 Å². The molecule has 3 aromatic rings. The zero-order valence-electron chi connectivity index (χ0n) is 17.4. The van der Waals surface area contributed by atoms with Gasteiger partial charge in [0.05, 0.1) is 12.1 Å². The van der Waals surface area contributed by atoms with E-state index in [2.05, 4.69) is 17.4 Å². The Morgan fingerprint density at radius 3 is 2.22 bits per heavy atom. The van der Waals surface area contributed by atoms with Crippen molar-refractivity contribution < 1.29 is 24.2 Å². The van der Waals surface area contributed by atoms with Crippen molar-refractivity contribution in [3.05, 3.63) is 88.4 Å². The fourth-order valence-electron chi connectivity index (χ4n) is 4.05. The van der Waals surface area contributed by atoms with Gasteiger partial charge >= 0.3 is 12.1 Å². The molecule has 0 aromatic heterocycles. The van der Waals surface area contributed by atoms with E-state index in [0.29, 0.717) is 16.3 Å². The zero-order valence-corrected chi connectivity index (χ0v) is 18.1. The summed E-state index contributed by atoms with van der Waals surface area (Å²) >= 11 is 6.12. The molecule has 7 heteroatoms. The summed E-state index contributed by atoms with van der Waals surface area (Å²) in [5.74, 6) is -0.769. The van der Waals surface area contributed by atoms with Crippen molar-refractivity contribution >= 4 is 23.7 Å². The van der Waals surface area contributed by atoms with Crippen molar-refractivity contribution in [3.8, 4) is 16.9 Å². The van der Waals surface area contributed by atoms with Crippen LogP contribution in [0.3, 0.4) is 0 Å². The first-order valence-corrected chi connectivity index (χ1v) is 10.5. The molecule has 0 fully saturated rings. The molecule has 0 radical (unpaired) electrons. The molecule has 1 atom stereocenters. The first-order valence-electron chi connectivity index (χ1n) is 10.1. The molecule has 3 aromatic carbocycles. The quantitative estimate of drug-likeness (QED) is 0.534. The number of alkyl carbamates (subject to hydrolysis) is 1. The predicted molar refractivity (Wildman–Crippen MR) is 121 cm³/mol. The van der Waals surface area contributed by atoms with Gasteiger partial charge < -0.3 is 19.9 Å². The van der Waals surface area contributed by atoms with Crippen LogP contribution in [0, 0.1) is 0 Å². The first kappa shape index (κ1) is 21.7. The van der Waals surface area contributed by atoms with E-state index in [4.69, 9.17) is 21.1 Å². The van der Waals surface area contributed by atoms with E-state index >= 15 is 0 Å². The van der Waals surface area contributed by atoms with Crippen LogP contribution in [0.2, 0.25) is 5.02 Å². The van der Waals surface area contributed by atoms with Crippen LogP contribution in [-0.2, 0) is 16.0 Å². The Bertz CT molecular complexity index is 1120. The Balaban J connectivity index is 1.42. The summed E-state index contributed by atoms with van der Waals surface area (Å²) in [6.07, 6.45) is -0.720. The molecule has 2 N–H and O–H groups in total. The summed E-state index contributed by atoms with van der Waals surface area (Å²) in [4.78, 5) is 24.2. The highest BCUT2D eigenvalue weighted by Gasteiger charge is 2.29. The van der Waals surface area contributed by atoms with Gasteiger partial charge in [-0.15, -0.1) is 0 Å². The second-order valence-corrected chi connectivity index (χ2v) is 7.94. The Labute approximate surface area is 190 Å². The largest absolute Gasteiger partial charge is 0.495 e. The number of nitrogens with one attached hydrogen (secondary N) is 1. The predicted octanol–water partition coefficient (Wildman–Crippen LogP) is 4.88. The molecule has 4 rings (SSSR count). The molecule has 0 spiro atoms. The molecular formula is C25H22ClNO5. The Hall–Kier alpha value is -3.51. The minimum Gasteiger partial charge on any atom is -0.495 e. The number of halogens is 1. The van der Waals surface area contributed by atoms with Gasteiger partial charge in [0, 0.05) is 12.3 Å². The summed E-state index contributed by atoms with van der Waals surface area (Å²) in [6, 6.07) is 19.8. The lowest BCUT2D eigenvalue weighted by atomic mass is 9.98. The Kier molecular flexibility index (Phi) is 6.32. The number of fused-ring (bicyclic) bond motifs is 3. The summed E-state index contributed by atoms with van der Waals surface area (Å²) in [7, 11) is 1.50. The fourth-order valence-corrected chi connectivity index (χ4v) is 4.34. The van der Waals surface area contributed by atoms with Gasteiger partial charge in [-0.3, -0.25) is 0 Å². The molecule has 164 valence electrons. The number of carbonyl (C=O) groups is 2. The lowest BCUT2D eigenvalue weighted by Crippen LogP contribution is -2.42. The number of amides is 1. The van der Waals surface area contributed by atoms with Gasteiger partial charge in [-0.05, 0) is 39.9 Å². The first-order chi connectivity index (χ1) is 15.5.